The maximum Gasteiger partial charge on any atom is 0.308 e. The molecule has 2 atom stereocenters. The van der Waals surface area contributed by atoms with Gasteiger partial charge in [0.2, 0.25) is 10.0 Å². The van der Waals surface area contributed by atoms with Crippen LogP contribution in [0.3, 0.4) is 0 Å². The number of nitrogens with zero attached hydrogens (tertiary/aromatic N) is 1. The first-order chi connectivity index (χ1) is 9.81. The van der Waals surface area contributed by atoms with Crippen LogP contribution >= 0.6 is 0 Å². The van der Waals surface area contributed by atoms with Crippen LogP contribution in [0.2, 0.25) is 0 Å². The normalized spacial score (nSPS) is 23.6. The Balaban J connectivity index is 2.16. The minimum absolute atomic E-state index is 0.0767. The van der Waals surface area contributed by atoms with E-state index in [0.29, 0.717) is 6.54 Å². The Labute approximate surface area is 125 Å². The van der Waals surface area contributed by atoms with Gasteiger partial charge in [-0.15, -0.1) is 0 Å². The predicted molar refractivity (Wildman–Crippen MR) is 80.1 cm³/mol. The fourth-order valence-electron chi connectivity index (χ4n) is 2.83. The molecular formula is C15H21NO4S. The molecule has 1 aromatic carbocycles. The van der Waals surface area contributed by atoms with E-state index in [2.05, 4.69) is 0 Å². The van der Waals surface area contributed by atoms with E-state index in [0.717, 1.165) is 5.56 Å². The lowest BCUT2D eigenvalue weighted by molar-refractivity contribution is -0.142. The molecule has 5 nitrogen and oxygen atoms in total. The predicted octanol–water partition coefficient (Wildman–Crippen LogP) is 1.81. The fourth-order valence-corrected chi connectivity index (χ4v) is 4.41. The molecule has 0 unspecified atom stereocenters. The van der Waals surface area contributed by atoms with Crippen LogP contribution < -0.4 is 0 Å². The van der Waals surface area contributed by atoms with Crippen LogP contribution in [0, 0.1) is 17.8 Å². The lowest BCUT2D eigenvalue weighted by Gasteiger charge is -2.18. The molecule has 1 aliphatic heterocycles. The molecule has 0 aromatic heterocycles. The molecule has 1 aliphatic rings. The Morgan fingerprint density at radius 2 is 1.90 bits per heavy atom. The smallest absolute Gasteiger partial charge is 0.308 e. The third kappa shape index (κ3) is 3.63. The molecule has 1 fully saturated rings. The first-order valence-corrected chi connectivity index (χ1v) is 8.66. The van der Waals surface area contributed by atoms with Crippen LogP contribution in [-0.4, -0.2) is 36.9 Å². The Bertz CT molecular complexity index is 597. The van der Waals surface area contributed by atoms with Gasteiger partial charge in [-0.25, -0.2) is 12.7 Å². The van der Waals surface area contributed by atoms with Gasteiger partial charge in [0.05, 0.1) is 11.7 Å². The molecule has 116 valence electrons. The van der Waals surface area contributed by atoms with Crippen LogP contribution in [0.4, 0.5) is 0 Å². The fraction of sp³-hybridized carbons (Fsp3) is 0.533. The number of rotatable bonds is 5. The van der Waals surface area contributed by atoms with E-state index in [4.69, 9.17) is 0 Å². The van der Waals surface area contributed by atoms with Gasteiger partial charge in [0.1, 0.15) is 0 Å². The van der Waals surface area contributed by atoms with Gasteiger partial charge in [-0.2, -0.15) is 0 Å². The summed E-state index contributed by atoms with van der Waals surface area (Å²) in [5.41, 5.74) is 0.720. The molecule has 0 aliphatic carbocycles. The van der Waals surface area contributed by atoms with Crippen molar-refractivity contribution in [3.63, 3.8) is 0 Å². The van der Waals surface area contributed by atoms with Gasteiger partial charge in [-0.05, 0) is 17.4 Å². The van der Waals surface area contributed by atoms with Gasteiger partial charge in [0.15, 0.2) is 0 Å². The summed E-state index contributed by atoms with van der Waals surface area (Å²) in [4.78, 5) is 11.3. The summed E-state index contributed by atoms with van der Waals surface area (Å²) in [6.07, 6.45) is 0. The van der Waals surface area contributed by atoms with Gasteiger partial charge in [0.25, 0.3) is 0 Å². The van der Waals surface area contributed by atoms with E-state index in [9.17, 15) is 18.3 Å². The standard InChI is InChI=1S/C15H21NO4S/c1-11(2)13-8-16(9-14(13)15(17)18)21(19,20)10-12-6-4-3-5-7-12/h3-7,11,13-14H,8-10H2,1-2H3,(H,17,18)/t13-,14+/m0/s1. The number of carbonyl (C=O) groups is 1. The zero-order valence-electron chi connectivity index (χ0n) is 12.3. The van der Waals surface area contributed by atoms with E-state index < -0.39 is 21.9 Å². The van der Waals surface area contributed by atoms with Crippen molar-refractivity contribution in [2.75, 3.05) is 13.1 Å². The molecule has 1 heterocycles. The first-order valence-electron chi connectivity index (χ1n) is 7.06. The molecule has 21 heavy (non-hydrogen) atoms. The largest absolute Gasteiger partial charge is 0.481 e. The van der Waals surface area contributed by atoms with Crippen molar-refractivity contribution in [3.8, 4) is 0 Å². The Hall–Kier alpha value is -1.40. The van der Waals surface area contributed by atoms with Crippen molar-refractivity contribution in [1.29, 1.82) is 0 Å². The first kappa shape index (κ1) is 16.0. The molecule has 1 saturated heterocycles. The molecule has 0 spiro atoms. The Morgan fingerprint density at radius 3 is 2.38 bits per heavy atom. The van der Waals surface area contributed by atoms with Gasteiger partial charge in [-0.1, -0.05) is 44.2 Å². The topological polar surface area (TPSA) is 74.7 Å². The van der Waals surface area contributed by atoms with Crippen LogP contribution in [0.5, 0.6) is 0 Å². The maximum atomic E-state index is 12.5. The van der Waals surface area contributed by atoms with Crippen molar-refractivity contribution >= 4 is 16.0 Å². The second-order valence-corrected chi connectivity index (χ2v) is 7.88. The van der Waals surface area contributed by atoms with Crippen LogP contribution in [0.15, 0.2) is 30.3 Å². The van der Waals surface area contributed by atoms with Crippen LogP contribution in [0.25, 0.3) is 0 Å². The Morgan fingerprint density at radius 1 is 1.29 bits per heavy atom. The third-order valence-electron chi connectivity index (χ3n) is 4.09. The van der Waals surface area contributed by atoms with E-state index in [1.165, 1.54) is 4.31 Å². The van der Waals surface area contributed by atoms with Crippen LogP contribution in [0.1, 0.15) is 19.4 Å². The molecule has 0 saturated carbocycles. The molecule has 0 radical (unpaired) electrons. The number of carboxylic acids is 1. The zero-order valence-corrected chi connectivity index (χ0v) is 13.1. The van der Waals surface area contributed by atoms with Gasteiger partial charge >= 0.3 is 5.97 Å². The van der Waals surface area contributed by atoms with Crippen molar-refractivity contribution in [2.45, 2.75) is 19.6 Å². The van der Waals surface area contributed by atoms with E-state index in [1.54, 1.807) is 24.3 Å². The van der Waals surface area contributed by atoms with Gasteiger partial charge in [-0.3, -0.25) is 4.79 Å². The molecule has 2 rings (SSSR count). The van der Waals surface area contributed by atoms with Crippen molar-refractivity contribution in [3.05, 3.63) is 35.9 Å². The highest BCUT2D eigenvalue weighted by Crippen LogP contribution is 2.32. The molecule has 6 heteroatoms. The van der Waals surface area contributed by atoms with Crippen LogP contribution in [-0.2, 0) is 20.6 Å². The third-order valence-corrected chi connectivity index (χ3v) is 5.87. The minimum atomic E-state index is -3.48. The second kappa shape index (κ2) is 6.15. The van der Waals surface area contributed by atoms with E-state index in [-0.39, 0.29) is 24.1 Å². The summed E-state index contributed by atoms with van der Waals surface area (Å²) in [6, 6.07) is 8.96. The molecule has 0 bridgehead atoms. The summed E-state index contributed by atoms with van der Waals surface area (Å²) in [5, 5.41) is 9.28. The average molecular weight is 311 g/mol. The SMILES string of the molecule is CC(C)[C@@H]1CN(S(=O)(=O)Cc2ccccc2)C[C@H]1C(=O)O. The van der Waals surface area contributed by atoms with E-state index in [1.807, 2.05) is 19.9 Å². The summed E-state index contributed by atoms with van der Waals surface area (Å²) in [7, 11) is -3.48. The highest BCUT2D eigenvalue weighted by atomic mass is 32.2. The number of benzene rings is 1. The zero-order chi connectivity index (χ0) is 15.6. The minimum Gasteiger partial charge on any atom is -0.481 e. The monoisotopic (exact) mass is 311 g/mol. The van der Waals surface area contributed by atoms with E-state index >= 15 is 0 Å². The summed E-state index contributed by atoms with van der Waals surface area (Å²) >= 11 is 0. The highest BCUT2D eigenvalue weighted by Gasteiger charge is 2.43. The number of sulfonamides is 1. The molecule has 1 aromatic rings. The maximum absolute atomic E-state index is 12.5. The summed E-state index contributed by atoms with van der Waals surface area (Å²) < 4.78 is 26.3. The number of hydrogen-bond acceptors (Lipinski definition) is 3. The van der Waals surface area contributed by atoms with Gasteiger partial charge in [0, 0.05) is 13.1 Å². The molecular weight excluding hydrogens is 290 g/mol. The number of carboxylic acid groups (broad SMARTS) is 1. The lowest BCUT2D eigenvalue weighted by atomic mass is 9.86. The lowest BCUT2D eigenvalue weighted by Crippen LogP contribution is -2.31. The van der Waals surface area contributed by atoms with Crippen molar-refractivity contribution < 1.29 is 18.3 Å². The molecule has 0 amide bonds. The van der Waals surface area contributed by atoms with Crippen molar-refractivity contribution in [1.82, 2.24) is 4.31 Å². The number of hydrogen-bond donors (Lipinski definition) is 1. The summed E-state index contributed by atoms with van der Waals surface area (Å²) in [5.74, 6) is -1.59. The van der Waals surface area contributed by atoms with Gasteiger partial charge < -0.3 is 5.11 Å². The summed E-state index contributed by atoms with van der Waals surface area (Å²) in [6.45, 7) is 4.25. The quantitative estimate of drug-likeness (QED) is 0.900. The second-order valence-electron chi connectivity index (χ2n) is 5.91. The Kier molecular flexibility index (Phi) is 4.68. The molecule has 1 N–H and O–H groups in total. The average Bonchev–Trinajstić information content (AvgIpc) is 2.85. The highest BCUT2D eigenvalue weighted by molar-refractivity contribution is 7.88. The van der Waals surface area contributed by atoms with Crippen molar-refractivity contribution in [2.24, 2.45) is 17.8 Å². The number of aliphatic carboxylic acids is 1.